The first-order chi connectivity index (χ1) is 7.20. The van der Waals surface area contributed by atoms with Gasteiger partial charge in [-0.3, -0.25) is 0 Å². The molecular formula is C12H20N2S. The summed E-state index contributed by atoms with van der Waals surface area (Å²) in [5, 5.41) is 3.52. The van der Waals surface area contributed by atoms with Crippen LogP contribution in [0.25, 0.3) is 0 Å². The molecule has 3 atom stereocenters. The zero-order valence-corrected chi connectivity index (χ0v) is 10.4. The van der Waals surface area contributed by atoms with Crippen LogP contribution in [0.3, 0.4) is 0 Å². The van der Waals surface area contributed by atoms with Crippen molar-refractivity contribution in [2.24, 2.45) is 11.7 Å². The first kappa shape index (κ1) is 11.1. The molecule has 0 aromatic carbocycles. The third-order valence-electron chi connectivity index (χ3n) is 3.13. The van der Waals surface area contributed by atoms with Gasteiger partial charge in [0, 0.05) is 23.8 Å². The van der Waals surface area contributed by atoms with Gasteiger partial charge in [-0.2, -0.15) is 0 Å². The Morgan fingerprint density at radius 3 is 3.00 bits per heavy atom. The molecule has 84 valence electrons. The highest BCUT2D eigenvalue weighted by atomic mass is 32.1. The summed E-state index contributed by atoms with van der Waals surface area (Å²) in [5.41, 5.74) is 7.21. The van der Waals surface area contributed by atoms with Gasteiger partial charge >= 0.3 is 0 Å². The zero-order valence-electron chi connectivity index (χ0n) is 9.57. The van der Waals surface area contributed by atoms with E-state index in [4.69, 9.17) is 5.73 Å². The molecule has 1 aromatic heterocycles. The van der Waals surface area contributed by atoms with E-state index in [9.17, 15) is 0 Å². The van der Waals surface area contributed by atoms with E-state index in [2.05, 4.69) is 24.2 Å². The number of hydrogen-bond acceptors (Lipinski definition) is 3. The van der Waals surface area contributed by atoms with Crippen molar-refractivity contribution in [3.63, 3.8) is 0 Å². The van der Waals surface area contributed by atoms with Gasteiger partial charge < -0.3 is 5.73 Å². The van der Waals surface area contributed by atoms with Gasteiger partial charge in [0.15, 0.2) is 0 Å². The molecule has 0 bridgehead atoms. The smallest absolute Gasteiger partial charge is 0.0962 e. The summed E-state index contributed by atoms with van der Waals surface area (Å²) >= 11 is 1.82. The normalized spacial score (nSPS) is 26.6. The van der Waals surface area contributed by atoms with Crippen LogP contribution in [0.1, 0.15) is 49.7 Å². The van der Waals surface area contributed by atoms with Gasteiger partial charge in [-0.1, -0.05) is 20.3 Å². The summed E-state index contributed by atoms with van der Waals surface area (Å²) in [6, 6.07) is 0.293. The van der Waals surface area contributed by atoms with Crippen LogP contribution in [0, 0.1) is 5.92 Å². The van der Waals surface area contributed by atoms with Gasteiger partial charge in [0.1, 0.15) is 0 Å². The van der Waals surface area contributed by atoms with Crippen molar-refractivity contribution < 1.29 is 0 Å². The lowest BCUT2D eigenvalue weighted by Crippen LogP contribution is -2.22. The quantitative estimate of drug-likeness (QED) is 0.835. The average molecular weight is 224 g/mol. The summed E-state index contributed by atoms with van der Waals surface area (Å²) in [6.45, 7) is 4.48. The Bertz CT molecular complexity index is 321. The number of rotatable bonds is 5. The Kier molecular flexibility index (Phi) is 3.42. The molecule has 0 saturated heterocycles. The van der Waals surface area contributed by atoms with E-state index < -0.39 is 0 Å². The maximum absolute atomic E-state index is 6.01. The summed E-state index contributed by atoms with van der Waals surface area (Å²) in [5.74, 6) is 1.61. The maximum atomic E-state index is 6.01. The van der Waals surface area contributed by atoms with Crippen molar-refractivity contribution >= 4 is 11.3 Å². The Morgan fingerprint density at radius 1 is 1.67 bits per heavy atom. The molecule has 1 aliphatic rings. The van der Waals surface area contributed by atoms with Crippen molar-refractivity contribution in [3.05, 3.63) is 16.1 Å². The predicted molar refractivity (Wildman–Crippen MR) is 65.2 cm³/mol. The first-order valence-corrected chi connectivity index (χ1v) is 6.78. The lowest BCUT2D eigenvalue weighted by Gasteiger charge is -2.06. The van der Waals surface area contributed by atoms with Gasteiger partial charge in [0.2, 0.25) is 0 Å². The van der Waals surface area contributed by atoms with Crippen molar-refractivity contribution in [2.45, 2.75) is 51.5 Å². The third-order valence-corrected chi connectivity index (χ3v) is 4.15. The monoisotopic (exact) mass is 224 g/mol. The van der Waals surface area contributed by atoms with E-state index in [1.54, 1.807) is 0 Å². The number of nitrogens with zero attached hydrogens (tertiary/aromatic N) is 1. The fourth-order valence-electron chi connectivity index (χ4n) is 1.99. The molecular weight excluding hydrogens is 204 g/mol. The second-order valence-electron chi connectivity index (χ2n) is 4.75. The van der Waals surface area contributed by atoms with Crippen LogP contribution in [0.2, 0.25) is 0 Å². The molecule has 0 spiro atoms. The van der Waals surface area contributed by atoms with Gasteiger partial charge in [0.25, 0.3) is 0 Å². The third kappa shape index (κ3) is 2.79. The molecule has 1 aromatic rings. The van der Waals surface area contributed by atoms with Crippen molar-refractivity contribution in [3.8, 4) is 0 Å². The fraction of sp³-hybridized carbons (Fsp3) is 0.750. The molecule has 0 radical (unpaired) electrons. The molecule has 0 amide bonds. The van der Waals surface area contributed by atoms with Crippen molar-refractivity contribution in [2.75, 3.05) is 0 Å². The Labute approximate surface area is 95.9 Å². The second-order valence-corrected chi connectivity index (χ2v) is 5.64. The highest BCUT2D eigenvalue weighted by molar-refractivity contribution is 7.09. The first-order valence-electron chi connectivity index (χ1n) is 5.90. The standard InChI is InChI=1S/C12H20N2S/c1-3-4-9(13)6-10-7-15-12(14-10)11-5-8(11)2/h7-9,11H,3-6,13H2,1-2H3. The topological polar surface area (TPSA) is 38.9 Å². The minimum absolute atomic E-state index is 0.293. The van der Waals surface area contributed by atoms with Gasteiger partial charge in [0.05, 0.1) is 10.7 Å². The van der Waals surface area contributed by atoms with E-state index in [0.717, 1.165) is 31.1 Å². The van der Waals surface area contributed by atoms with E-state index in [-0.39, 0.29) is 0 Å². The molecule has 1 aliphatic carbocycles. The Balaban J connectivity index is 1.89. The Morgan fingerprint density at radius 2 is 2.40 bits per heavy atom. The highest BCUT2D eigenvalue weighted by Gasteiger charge is 2.36. The molecule has 1 fully saturated rings. The zero-order chi connectivity index (χ0) is 10.8. The van der Waals surface area contributed by atoms with E-state index in [0.29, 0.717) is 6.04 Å². The minimum Gasteiger partial charge on any atom is -0.327 e. The largest absolute Gasteiger partial charge is 0.327 e. The van der Waals surface area contributed by atoms with Crippen LogP contribution >= 0.6 is 11.3 Å². The lowest BCUT2D eigenvalue weighted by atomic mass is 10.1. The van der Waals surface area contributed by atoms with Crippen LogP contribution in [0.5, 0.6) is 0 Å². The molecule has 15 heavy (non-hydrogen) atoms. The predicted octanol–water partition coefficient (Wildman–Crippen LogP) is 2.94. The fourth-order valence-corrected chi connectivity index (χ4v) is 3.07. The van der Waals surface area contributed by atoms with Crippen LogP contribution in [0.15, 0.2) is 5.38 Å². The van der Waals surface area contributed by atoms with Crippen molar-refractivity contribution in [1.29, 1.82) is 0 Å². The number of thiazole rings is 1. The van der Waals surface area contributed by atoms with E-state index in [1.807, 2.05) is 11.3 Å². The second kappa shape index (κ2) is 4.62. The molecule has 2 rings (SSSR count). The maximum Gasteiger partial charge on any atom is 0.0962 e. The van der Waals surface area contributed by atoms with Crippen LogP contribution in [0.4, 0.5) is 0 Å². The average Bonchev–Trinajstić information content (AvgIpc) is 2.74. The summed E-state index contributed by atoms with van der Waals surface area (Å²) in [7, 11) is 0. The van der Waals surface area contributed by atoms with Crippen LogP contribution < -0.4 is 5.73 Å². The SMILES string of the molecule is CCCC(N)Cc1csc(C2CC2C)n1. The van der Waals surface area contributed by atoms with Crippen molar-refractivity contribution in [1.82, 2.24) is 4.98 Å². The molecule has 3 unspecified atom stereocenters. The minimum atomic E-state index is 0.293. The number of nitrogens with two attached hydrogens (primary N) is 1. The van der Waals surface area contributed by atoms with Gasteiger partial charge in [-0.05, 0) is 18.8 Å². The molecule has 1 saturated carbocycles. The van der Waals surface area contributed by atoms with E-state index >= 15 is 0 Å². The molecule has 2 nitrogen and oxygen atoms in total. The highest BCUT2D eigenvalue weighted by Crippen LogP contribution is 2.47. The van der Waals surface area contributed by atoms with Crippen LogP contribution in [-0.2, 0) is 6.42 Å². The van der Waals surface area contributed by atoms with E-state index in [1.165, 1.54) is 17.1 Å². The van der Waals surface area contributed by atoms with Gasteiger partial charge in [-0.15, -0.1) is 11.3 Å². The summed E-state index contributed by atoms with van der Waals surface area (Å²) in [4.78, 5) is 4.68. The van der Waals surface area contributed by atoms with Gasteiger partial charge in [-0.25, -0.2) is 4.98 Å². The molecule has 3 heteroatoms. The Hall–Kier alpha value is -0.410. The molecule has 1 heterocycles. The number of aromatic nitrogens is 1. The van der Waals surface area contributed by atoms with Crippen LogP contribution in [-0.4, -0.2) is 11.0 Å². The molecule has 2 N–H and O–H groups in total. The number of hydrogen-bond donors (Lipinski definition) is 1. The molecule has 0 aliphatic heterocycles. The lowest BCUT2D eigenvalue weighted by molar-refractivity contribution is 0.594. The summed E-state index contributed by atoms with van der Waals surface area (Å²) in [6.07, 6.45) is 4.55. The summed E-state index contributed by atoms with van der Waals surface area (Å²) < 4.78 is 0.